The maximum Gasteiger partial charge on any atom is 0.403 e. The third kappa shape index (κ3) is 1.07. The number of halogens is 6. The van der Waals surface area contributed by atoms with Crippen LogP contribution in [0.15, 0.2) is 0 Å². The van der Waals surface area contributed by atoms with Gasteiger partial charge in [0.15, 0.2) is 5.41 Å². The summed E-state index contributed by atoms with van der Waals surface area (Å²) in [6.07, 6.45) is -10.4. The molecule has 1 aliphatic carbocycles. The van der Waals surface area contributed by atoms with Gasteiger partial charge in [0, 0.05) is 0 Å². The standard InChI is InChI=1S/C7H8F6/c1-3-4(2)5(3,6(8,9)10)7(11,12)13/h3-4H,1-2H3/t3-,4-/m0/s1. The summed E-state index contributed by atoms with van der Waals surface area (Å²) in [6, 6.07) is 0. The van der Waals surface area contributed by atoms with E-state index in [0.717, 1.165) is 13.8 Å². The zero-order chi connectivity index (χ0) is 10.7. The third-order valence-electron chi connectivity index (χ3n) is 3.02. The number of hydrogen-bond acceptors (Lipinski definition) is 0. The molecule has 0 amide bonds. The lowest BCUT2D eigenvalue weighted by atomic mass is 10.0. The smallest absolute Gasteiger partial charge is 0.170 e. The Morgan fingerprint density at radius 3 is 1.00 bits per heavy atom. The quantitative estimate of drug-likeness (QED) is 0.533. The van der Waals surface area contributed by atoms with Gasteiger partial charge in [-0.25, -0.2) is 0 Å². The predicted molar refractivity (Wildman–Crippen MR) is 32.9 cm³/mol. The highest BCUT2D eigenvalue weighted by molar-refractivity contribution is 5.14. The van der Waals surface area contributed by atoms with E-state index in [2.05, 4.69) is 0 Å². The van der Waals surface area contributed by atoms with Gasteiger partial charge in [-0.05, 0) is 11.8 Å². The second-order valence-electron chi connectivity index (χ2n) is 3.44. The summed E-state index contributed by atoms with van der Waals surface area (Å²) in [6.45, 7) is 1.96. The van der Waals surface area contributed by atoms with Gasteiger partial charge in [0.05, 0.1) is 0 Å². The molecule has 78 valence electrons. The van der Waals surface area contributed by atoms with Gasteiger partial charge in [-0.3, -0.25) is 0 Å². The molecule has 1 rings (SSSR count). The van der Waals surface area contributed by atoms with E-state index in [0.29, 0.717) is 0 Å². The first-order valence-corrected chi connectivity index (χ1v) is 3.70. The predicted octanol–water partition coefficient (Wildman–Crippen LogP) is 3.38. The molecule has 0 aromatic carbocycles. The summed E-state index contributed by atoms with van der Waals surface area (Å²) >= 11 is 0. The summed E-state index contributed by atoms with van der Waals surface area (Å²) in [7, 11) is 0. The molecule has 13 heavy (non-hydrogen) atoms. The fraction of sp³-hybridized carbons (Fsp3) is 1.00. The molecule has 6 heteroatoms. The molecule has 0 aliphatic heterocycles. The molecular formula is C7H8F6. The van der Waals surface area contributed by atoms with E-state index in [1.54, 1.807) is 0 Å². The van der Waals surface area contributed by atoms with Crippen molar-refractivity contribution < 1.29 is 26.3 Å². The molecular weight excluding hydrogens is 198 g/mol. The van der Waals surface area contributed by atoms with Crippen LogP contribution in [0.4, 0.5) is 26.3 Å². The lowest BCUT2D eigenvalue weighted by Crippen LogP contribution is -2.41. The average Bonchev–Trinajstić information content (AvgIpc) is 2.32. The molecule has 1 fully saturated rings. The first kappa shape index (κ1) is 10.7. The van der Waals surface area contributed by atoms with Crippen molar-refractivity contribution in [2.45, 2.75) is 26.2 Å². The number of rotatable bonds is 0. The first-order chi connectivity index (χ1) is 5.57. The molecule has 0 radical (unpaired) electrons. The Kier molecular flexibility index (Phi) is 1.91. The van der Waals surface area contributed by atoms with Gasteiger partial charge >= 0.3 is 12.4 Å². The van der Waals surface area contributed by atoms with E-state index in [-0.39, 0.29) is 0 Å². The van der Waals surface area contributed by atoms with Crippen molar-refractivity contribution in [2.75, 3.05) is 0 Å². The van der Waals surface area contributed by atoms with Crippen LogP contribution < -0.4 is 0 Å². The largest absolute Gasteiger partial charge is 0.403 e. The van der Waals surface area contributed by atoms with E-state index in [4.69, 9.17) is 0 Å². The summed E-state index contributed by atoms with van der Waals surface area (Å²) < 4.78 is 73.0. The molecule has 2 atom stereocenters. The minimum atomic E-state index is -5.19. The SMILES string of the molecule is C[C@H]1[C@H](C)C1(C(F)(F)F)C(F)(F)F. The van der Waals surface area contributed by atoms with Crippen molar-refractivity contribution in [2.24, 2.45) is 17.3 Å². The van der Waals surface area contributed by atoms with Crippen LogP contribution in [0, 0.1) is 17.3 Å². The minimum Gasteiger partial charge on any atom is -0.170 e. The molecule has 1 saturated carbocycles. The Morgan fingerprint density at radius 2 is 1.00 bits per heavy atom. The van der Waals surface area contributed by atoms with Gasteiger partial charge in [0.1, 0.15) is 0 Å². The Balaban J connectivity index is 3.09. The van der Waals surface area contributed by atoms with Crippen molar-refractivity contribution in [1.29, 1.82) is 0 Å². The topological polar surface area (TPSA) is 0 Å². The monoisotopic (exact) mass is 206 g/mol. The first-order valence-electron chi connectivity index (χ1n) is 3.70. The number of alkyl halides is 6. The molecule has 0 spiro atoms. The molecule has 0 bridgehead atoms. The molecule has 1 aliphatic rings. The van der Waals surface area contributed by atoms with Crippen molar-refractivity contribution >= 4 is 0 Å². The number of hydrogen-bond donors (Lipinski definition) is 0. The fourth-order valence-electron chi connectivity index (χ4n) is 1.97. The van der Waals surface area contributed by atoms with Crippen LogP contribution in [0.3, 0.4) is 0 Å². The second kappa shape index (κ2) is 2.33. The van der Waals surface area contributed by atoms with Gasteiger partial charge in [-0.1, -0.05) is 13.8 Å². The van der Waals surface area contributed by atoms with Crippen LogP contribution in [0.2, 0.25) is 0 Å². The molecule has 0 nitrogen and oxygen atoms in total. The highest BCUT2D eigenvalue weighted by atomic mass is 19.4. The molecule has 0 heterocycles. The lowest BCUT2D eigenvalue weighted by Gasteiger charge is -2.24. The van der Waals surface area contributed by atoms with E-state index >= 15 is 0 Å². The van der Waals surface area contributed by atoms with Crippen molar-refractivity contribution in [3.63, 3.8) is 0 Å². The van der Waals surface area contributed by atoms with Crippen LogP contribution in [0.1, 0.15) is 13.8 Å². The van der Waals surface area contributed by atoms with Gasteiger partial charge in [0.25, 0.3) is 0 Å². The molecule has 0 aromatic heterocycles. The highest BCUT2D eigenvalue weighted by Crippen LogP contribution is 2.73. The zero-order valence-corrected chi connectivity index (χ0v) is 6.92. The Bertz CT molecular complexity index is 188. The Hall–Kier alpha value is -0.420. The van der Waals surface area contributed by atoms with E-state index in [9.17, 15) is 26.3 Å². The van der Waals surface area contributed by atoms with Crippen LogP contribution in [-0.2, 0) is 0 Å². The average molecular weight is 206 g/mol. The second-order valence-corrected chi connectivity index (χ2v) is 3.44. The maximum atomic E-state index is 12.2. The maximum absolute atomic E-state index is 12.2. The van der Waals surface area contributed by atoms with Crippen molar-refractivity contribution in [3.05, 3.63) is 0 Å². The Morgan fingerprint density at radius 1 is 0.769 bits per heavy atom. The van der Waals surface area contributed by atoms with Crippen LogP contribution in [0.5, 0.6) is 0 Å². The molecule has 0 N–H and O–H groups in total. The van der Waals surface area contributed by atoms with Gasteiger partial charge in [-0.15, -0.1) is 0 Å². The van der Waals surface area contributed by atoms with E-state index < -0.39 is 29.6 Å². The minimum absolute atomic E-state index is 0.978. The third-order valence-corrected chi connectivity index (χ3v) is 3.02. The van der Waals surface area contributed by atoms with Gasteiger partial charge in [-0.2, -0.15) is 26.3 Å². The summed E-state index contributed by atoms with van der Waals surface area (Å²) in [5.74, 6) is -2.74. The fourth-order valence-corrected chi connectivity index (χ4v) is 1.97. The van der Waals surface area contributed by atoms with Gasteiger partial charge in [0.2, 0.25) is 0 Å². The van der Waals surface area contributed by atoms with Crippen LogP contribution in [-0.4, -0.2) is 12.4 Å². The zero-order valence-electron chi connectivity index (χ0n) is 6.92. The summed E-state index contributed by atoms with van der Waals surface area (Å²) in [5, 5.41) is 0. The van der Waals surface area contributed by atoms with E-state index in [1.807, 2.05) is 0 Å². The van der Waals surface area contributed by atoms with Gasteiger partial charge < -0.3 is 0 Å². The highest BCUT2D eigenvalue weighted by Gasteiger charge is 2.86. The van der Waals surface area contributed by atoms with E-state index in [1.165, 1.54) is 0 Å². The van der Waals surface area contributed by atoms with Crippen molar-refractivity contribution in [3.8, 4) is 0 Å². The van der Waals surface area contributed by atoms with Crippen LogP contribution >= 0.6 is 0 Å². The summed E-state index contributed by atoms with van der Waals surface area (Å²) in [5.41, 5.74) is -3.46. The normalized spacial score (nSPS) is 33.2. The van der Waals surface area contributed by atoms with Crippen molar-refractivity contribution in [1.82, 2.24) is 0 Å². The molecule has 0 saturated heterocycles. The Labute approximate surface area is 70.9 Å². The molecule has 0 unspecified atom stereocenters. The lowest BCUT2D eigenvalue weighted by molar-refractivity contribution is -0.309. The molecule has 0 aromatic rings. The summed E-state index contributed by atoms with van der Waals surface area (Å²) in [4.78, 5) is 0. The van der Waals surface area contributed by atoms with Crippen LogP contribution in [0.25, 0.3) is 0 Å².